The van der Waals surface area contributed by atoms with Crippen molar-refractivity contribution in [2.24, 2.45) is 4.99 Å². The van der Waals surface area contributed by atoms with Gasteiger partial charge in [0, 0.05) is 12.6 Å². The van der Waals surface area contributed by atoms with E-state index in [0.29, 0.717) is 37.7 Å². The van der Waals surface area contributed by atoms with Crippen LogP contribution in [0, 0.1) is 0 Å². The van der Waals surface area contributed by atoms with Gasteiger partial charge < -0.3 is 9.64 Å². The number of nitrogens with zero attached hydrogens (tertiary/aromatic N) is 3. The van der Waals surface area contributed by atoms with E-state index in [9.17, 15) is 14.4 Å². The normalized spacial score (nSPS) is 18.5. The third-order valence-corrected chi connectivity index (χ3v) is 7.66. The van der Waals surface area contributed by atoms with E-state index >= 15 is 0 Å². The van der Waals surface area contributed by atoms with Crippen molar-refractivity contribution >= 4 is 34.5 Å². The molecule has 8 heteroatoms. The molecular weight excluding hydrogens is 462 g/mol. The summed E-state index contributed by atoms with van der Waals surface area (Å²) in [6, 6.07) is 14.6. The minimum Gasteiger partial charge on any atom is -0.466 e. The maximum absolute atomic E-state index is 13.9. The van der Waals surface area contributed by atoms with E-state index in [1.54, 1.807) is 18.9 Å². The summed E-state index contributed by atoms with van der Waals surface area (Å²) in [4.78, 5) is 46.6. The van der Waals surface area contributed by atoms with Gasteiger partial charge in [-0.05, 0) is 30.0 Å². The van der Waals surface area contributed by atoms with Crippen LogP contribution in [0.2, 0.25) is 0 Å². The summed E-state index contributed by atoms with van der Waals surface area (Å²) in [7, 11) is 3.02. The number of fused-ring (bicyclic) bond motifs is 2. The zero-order valence-electron chi connectivity index (χ0n) is 20.2. The molecule has 5 rings (SSSR count). The number of para-hydroxylation sites is 1. The Bertz CT molecular complexity index is 1590. The zero-order valence-corrected chi connectivity index (χ0v) is 21.0. The third-order valence-electron chi connectivity index (χ3n) is 6.60. The molecule has 1 atom stereocenters. The second kappa shape index (κ2) is 8.46. The van der Waals surface area contributed by atoms with Crippen molar-refractivity contribution in [3.8, 4) is 0 Å². The lowest BCUT2D eigenvalue weighted by molar-refractivity contribution is -0.136. The van der Waals surface area contributed by atoms with Crippen LogP contribution in [0.4, 0.5) is 5.69 Å². The first-order valence-corrected chi connectivity index (χ1v) is 12.2. The molecule has 2 aromatic carbocycles. The number of likely N-dealkylation sites (N-methyl/N-ethyl adjacent to an activating group) is 1. The van der Waals surface area contributed by atoms with Crippen LogP contribution in [-0.4, -0.2) is 30.6 Å². The number of carbonyl (C=O) groups excluding carboxylic acids is 2. The van der Waals surface area contributed by atoms with Crippen molar-refractivity contribution < 1.29 is 14.3 Å². The molecule has 0 spiro atoms. The molecule has 0 fully saturated rings. The van der Waals surface area contributed by atoms with E-state index in [1.165, 1.54) is 23.0 Å². The summed E-state index contributed by atoms with van der Waals surface area (Å²) in [5.41, 5.74) is 4.21. The van der Waals surface area contributed by atoms with Crippen LogP contribution in [0.25, 0.3) is 5.57 Å². The largest absolute Gasteiger partial charge is 0.466 e. The van der Waals surface area contributed by atoms with E-state index in [0.717, 1.165) is 16.8 Å². The Morgan fingerprint density at radius 3 is 2.43 bits per heavy atom. The van der Waals surface area contributed by atoms with Crippen LogP contribution in [0.5, 0.6) is 0 Å². The van der Waals surface area contributed by atoms with Crippen molar-refractivity contribution in [1.29, 1.82) is 0 Å². The molecular formula is C27H25N3O4S. The summed E-state index contributed by atoms with van der Waals surface area (Å²) in [6.07, 6.45) is 0. The first-order chi connectivity index (χ1) is 16.7. The van der Waals surface area contributed by atoms with Gasteiger partial charge in [-0.3, -0.25) is 14.2 Å². The van der Waals surface area contributed by atoms with Crippen molar-refractivity contribution in [2.75, 3.05) is 19.1 Å². The number of thiazole rings is 1. The number of ether oxygens (including phenoxy) is 1. The fraction of sp³-hybridized carbons (Fsp3) is 0.259. The smallest absolute Gasteiger partial charge is 0.338 e. The molecule has 0 aliphatic carbocycles. The molecule has 3 aromatic rings. The van der Waals surface area contributed by atoms with Gasteiger partial charge in [-0.2, -0.15) is 0 Å². The minimum atomic E-state index is -0.709. The van der Waals surface area contributed by atoms with Crippen molar-refractivity contribution in [2.45, 2.75) is 32.7 Å². The number of esters is 1. The average molecular weight is 488 g/mol. The van der Waals surface area contributed by atoms with Crippen LogP contribution >= 0.6 is 11.3 Å². The molecule has 178 valence electrons. The molecule has 35 heavy (non-hydrogen) atoms. The predicted octanol–water partition coefficient (Wildman–Crippen LogP) is 2.88. The number of hydrogen-bond donors (Lipinski definition) is 0. The van der Waals surface area contributed by atoms with Gasteiger partial charge >= 0.3 is 5.97 Å². The van der Waals surface area contributed by atoms with Crippen LogP contribution in [0.1, 0.15) is 49.4 Å². The number of benzene rings is 2. The molecule has 0 radical (unpaired) electrons. The van der Waals surface area contributed by atoms with Crippen LogP contribution in [0.3, 0.4) is 0 Å². The average Bonchev–Trinajstić information content (AvgIpc) is 3.30. The molecule has 0 N–H and O–H groups in total. The highest BCUT2D eigenvalue weighted by atomic mass is 32.1. The summed E-state index contributed by atoms with van der Waals surface area (Å²) in [5.74, 6) is -0.432. The Balaban J connectivity index is 1.81. The minimum absolute atomic E-state index is 0.238. The van der Waals surface area contributed by atoms with Gasteiger partial charge in [-0.25, -0.2) is 9.79 Å². The first-order valence-electron chi connectivity index (χ1n) is 11.3. The summed E-state index contributed by atoms with van der Waals surface area (Å²) in [6.45, 7) is 5.96. The standard InChI is InChI=1S/C27H25N3O4S/c1-14(2)16-10-12-17(13-11-16)22-20(26(33)34-5)15(3)28-27-30(22)25(32)23(35-27)21-18-8-6-7-9-19(18)29(4)24(21)31/h6-14,22H,1-5H3/b23-21-. The summed E-state index contributed by atoms with van der Waals surface area (Å²) >= 11 is 1.17. The van der Waals surface area contributed by atoms with Crippen molar-refractivity contribution in [3.05, 3.63) is 96.2 Å². The number of carbonyl (C=O) groups is 2. The van der Waals surface area contributed by atoms with Crippen LogP contribution in [0.15, 0.2) is 69.6 Å². The first kappa shape index (κ1) is 23.0. The molecule has 0 saturated heterocycles. The van der Waals surface area contributed by atoms with Gasteiger partial charge in [0.1, 0.15) is 4.53 Å². The lowest BCUT2D eigenvalue weighted by Gasteiger charge is -2.24. The Labute approximate surface area is 206 Å². The van der Waals surface area contributed by atoms with Crippen LogP contribution < -0.4 is 19.8 Å². The maximum atomic E-state index is 13.9. The molecule has 7 nitrogen and oxygen atoms in total. The molecule has 3 heterocycles. The van der Waals surface area contributed by atoms with Gasteiger partial charge in [0.25, 0.3) is 11.5 Å². The third kappa shape index (κ3) is 3.47. The molecule has 2 aliphatic rings. The van der Waals surface area contributed by atoms with Crippen LogP contribution in [-0.2, 0) is 14.3 Å². The Hall–Kier alpha value is -3.78. The zero-order chi connectivity index (χ0) is 25.0. The van der Waals surface area contributed by atoms with E-state index in [4.69, 9.17) is 4.74 Å². The number of rotatable bonds is 3. The Kier molecular flexibility index (Phi) is 5.56. The lowest BCUT2D eigenvalue weighted by Crippen LogP contribution is -2.40. The molecule has 0 saturated carbocycles. The lowest BCUT2D eigenvalue weighted by atomic mass is 9.93. The van der Waals surface area contributed by atoms with Gasteiger partial charge in [0.2, 0.25) is 0 Å². The Morgan fingerprint density at radius 2 is 1.77 bits per heavy atom. The quantitative estimate of drug-likeness (QED) is 0.532. The SMILES string of the molecule is COC(=O)C1=C(C)N=c2s/c(=C3\C(=O)N(C)c4ccccc43)c(=O)n2C1c1ccc(C(C)C)cc1. The van der Waals surface area contributed by atoms with Gasteiger partial charge in [-0.1, -0.05) is 67.6 Å². The van der Waals surface area contributed by atoms with E-state index < -0.39 is 12.0 Å². The maximum Gasteiger partial charge on any atom is 0.338 e. The molecule has 0 bridgehead atoms. The summed E-state index contributed by atoms with van der Waals surface area (Å²) < 4.78 is 6.91. The highest BCUT2D eigenvalue weighted by Gasteiger charge is 2.36. The van der Waals surface area contributed by atoms with E-state index in [1.807, 2.05) is 48.5 Å². The number of methoxy groups -OCH3 is 1. The number of hydrogen-bond acceptors (Lipinski definition) is 6. The fourth-order valence-corrected chi connectivity index (χ4v) is 5.85. The van der Waals surface area contributed by atoms with Crippen molar-refractivity contribution in [1.82, 2.24) is 4.57 Å². The number of aromatic nitrogens is 1. The topological polar surface area (TPSA) is 81.0 Å². The molecule has 2 aliphatic heterocycles. The number of anilines is 1. The molecule has 1 amide bonds. The number of allylic oxidation sites excluding steroid dienone is 1. The Morgan fingerprint density at radius 1 is 1.09 bits per heavy atom. The second-order valence-electron chi connectivity index (χ2n) is 8.97. The highest BCUT2D eigenvalue weighted by molar-refractivity contribution is 7.07. The molecule has 1 aromatic heterocycles. The van der Waals surface area contributed by atoms with Gasteiger partial charge in [0.05, 0.1) is 35.7 Å². The van der Waals surface area contributed by atoms with Crippen molar-refractivity contribution in [3.63, 3.8) is 0 Å². The molecule has 1 unspecified atom stereocenters. The predicted molar refractivity (Wildman–Crippen MR) is 135 cm³/mol. The monoisotopic (exact) mass is 487 g/mol. The van der Waals surface area contributed by atoms with Gasteiger partial charge in [0.15, 0.2) is 4.80 Å². The van der Waals surface area contributed by atoms with E-state index in [-0.39, 0.29) is 11.5 Å². The summed E-state index contributed by atoms with van der Waals surface area (Å²) in [5, 5.41) is 0. The second-order valence-corrected chi connectivity index (χ2v) is 9.95. The van der Waals surface area contributed by atoms with E-state index in [2.05, 4.69) is 18.8 Å². The highest BCUT2D eigenvalue weighted by Crippen LogP contribution is 2.34. The fourth-order valence-electron chi connectivity index (χ4n) is 4.71. The van der Waals surface area contributed by atoms with Gasteiger partial charge in [-0.15, -0.1) is 0 Å². The number of amides is 1.